The fraction of sp³-hybridized carbons (Fsp3) is 0.346. The highest BCUT2D eigenvalue weighted by atomic mass is 19.1. The largest absolute Gasteiger partial charge is 0.508 e. The van der Waals surface area contributed by atoms with Crippen molar-refractivity contribution in [3.8, 4) is 23.0 Å². The minimum Gasteiger partial charge on any atom is -0.508 e. The third kappa shape index (κ3) is 3.29. The molecule has 35 heavy (non-hydrogen) atoms. The van der Waals surface area contributed by atoms with Crippen molar-refractivity contribution in [1.82, 2.24) is 15.0 Å². The number of aryl methyl sites for hydroxylation is 1. The molecule has 0 atom stereocenters. The van der Waals surface area contributed by atoms with Gasteiger partial charge in [-0.2, -0.15) is 9.97 Å². The van der Waals surface area contributed by atoms with Crippen molar-refractivity contribution in [2.75, 3.05) is 25.1 Å². The topological polar surface area (TPSA) is 91.6 Å². The van der Waals surface area contributed by atoms with Gasteiger partial charge in [0.15, 0.2) is 5.82 Å². The van der Waals surface area contributed by atoms with Gasteiger partial charge in [0.05, 0.1) is 18.6 Å². The number of aliphatic hydroxyl groups excluding tert-OH is 1. The summed E-state index contributed by atoms with van der Waals surface area (Å²) in [7, 11) is 1.42. The van der Waals surface area contributed by atoms with Gasteiger partial charge in [0, 0.05) is 30.3 Å². The molecule has 180 valence electrons. The second kappa shape index (κ2) is 7.71. The molecule has 1 aliphatic carbocycles. The number of hydrogen-bond acceptors (Lipinski definition) is 7. The molecule has 2 aromatic carbocycles. The number of aromatic hydroxyl groups is 1. The normalized spacial score (nSPS) is 17.1. The highest BCUT2D eigenvalue weighted by molar-refractivity contribution is 6.01. The number of phenols is 1. The Morgan fingerprint density at radius 2 is 1.94 bits per heavy atom. The van der Waals surface area contributed by atoms with Crippen LogP contribution in [0.2, 0.25) is 0 Å². The van der Waals surface area contributed by atoms with Crippen LogP contribution in [0.4, 0.5) is 14.6 Å². The molecule has 0 bridgehead atoms. The van der Waals surface area contributed by atoms with Crippen molar-refractivity contribution < 1.29 is 23.7 Å². The summed E-state index contributed by atoms with van der Waals surface area (Å²) in [6.07, 6.45) is 3.15. The Balaban J connectivity index is 1.53. The van der Waals surface area contributed by atoms with Gasteiger partial charge in [-0.05, 0) is 53.8 Å². The molecule has 0 radical (unpaired) electrons. The average molecular weight is 478 g/mol. The Hall–Kier alpha value is -3.59. The third-order valence-electron chi connectivity index (χ3n) is 7.28. The second-order valence-electron chi connectivity index (χ2n) is 9.61. The van der Waals surface area contributed by atoms with Gasteiger partial charge in [-0.1, -0.05) is 13.0 Å². The molecule has 1 spiro atoms. The van der Waals surface area contributed by atoms with E-state index >= 15 is 4.39 Å². The van der Waals surface area contributed by atoms with Crippen LogP contribution in [0.1, 0.15) is 25.3 Å². The van der Waals surface area contributed by atoms with E-state index in [0.717, 1.165) is 12.8 Å². The molecule has 2 N–H and O–H groups in total. The van der Waals surface area contributed by atoms with Gasteiger partial charge in [0.1, 0.15) is 28.6 Å². The molecule has 1 saturated carbocycles. The highest BCUT2D eigenvalue weighted by Crippen LogP contribution is 2.50. The maximum absolute atomic E-state index is 16.1. The summed E-state index contributed by atoms with van der Waals surface area (Å²) in [4.78, 5) is 15.2. The van der Waals surface area contributed by atoms with Gasteiger partial charge >= 0.3 is 6.01 Å². The van der Waals surface area contributed by atoms with E-state index < -0.39 is 11.6 Å². The maximum Gasteiger partial charge on any atom is 0.318 e. The zero-order valence-electron chi connectivity index (χ0n) is 19.3. The van der Waals surface area contributed by atoms with Crippen molar-refractivity contribution >= 4 is 27.5 Å². The molecule has 0 unspecified atom stereocenters. The predicted octanol–water partition coefficient (Wildman–Crippen LogP) is 4.36. The van der Waals surface area contributed by atoms with Gasteiger partial charge in [0.2, 0.25) is 0 Å². The van der Waals surface area contributed by atoms with Crippen LogP contribution in [0.15, 0.2) is 30.5 Å². The number of aromatic nitrogens is 3. The van der Waals surface area contributed by atoms with Crippen molar-refractivity contribution in [3.63, 3.8) is 0 Å². The van der Waals surface area contributed by atoms with Crippen molar-refractivity contribution in [2.24, 2.45) is 5.41 Å². The number of aliphatic hydroxyl groups is 1. The molecule has 9 heteroatoms. The lowest BCUT2D eigenvalue weighted by atomic mass is 9.62. The zero-order chi connectivity index (χ0) is 24.5. The number of fused-ring (bicyclic) bond motifs is 2. The standard InChI is InChI=1S/C26H24F2N4O3/c1-3-16-19(27)5-4-13-6-14(33)7-17(20(13)16)22-21(28)23-18(10-29-22)24(31-25(30-23)35-2)32-11-26(12-32)8-15(34)9-26/h4-7,10,15,33-34H,3,8-9,11-12H2,1-2H3. The van der Waals surface area contributed by atoms with Crippen molar-refractivity contribution in [1.29, 1.82) is 0 Å². The summed E-state index contributed by atoms with van der Waals surface area (Å²) in [5.74, 6) is -0.640. The molecule has 1 aliphatic heterocycles. The number of nitrogens with zero attached hydrogens (tertiary/aromatic N) is 4. The molecule has 6 rings (SSSR count). The zero-order valence-corrected chi connectivity index (χ0v) is 19.3. The fourth-order valence-corrected chi connectivity index (χ4v) is 5.69. The van der Waals surface area contributed by atoms with Crippen LogP contribution in [0, 0.1) is 17.0 Å². The minimum atomic E-state index is -0.697. The highest BCUT2D eigenvalue weighted by Gasteiger charge is 2.52. The van der Waals surface area contributed by atoms with E-state index in [1.165, 1.54) is 31.5 Å². The number of pyridine rings is 1. The first-order chi connectivity index (χ1) is 16.8. The summed E-state index contributed by atoms with van der Waals surface area (Å²) in [6, 6.07) is 5.86. The van der Waals surface area contributed by atoms with E-state index in [0.29, 0.717) is 52.6 Å². The molecule has 7 nitrogen and oxygen atoms in total. The second-order valence-corrected chi connectivity index (χ2v) is 9.61. The van der Waals surface area contributed by atoms with Gasteiger partial charge in [-0.15, -0.1) is 0 Å². The molecule has 2 aliphatic rings. The summed E-state index contributed by atoms with van der Waals surface area (Å²) in [6.45, 7) is 3.24. The maximum atomic E-state index is 16.1. The van der Waals surface area contributed by atoms with Crippen LogP contribution >= 0.6 is 0 Å². The number of hydrogen-bond donors (Lipinski definition) is 2. The van der Waals surface area contributed by atoms with E-state index in [-0.39, 0.29) is 34.5 Å². The predicted molar refractivity (Wildman–Crippen MR) is 128 cm³/mol. The van der Waals surface area contributed by atoms with Gasteiger partial charge in [-0.3, -0.25) is 4.98 Å². The Labute approximate surface area is 200 Å². The van der Waals surface area contributed by atoms with E-state index in [2.05, 4.69) is 15.0 Å². The first-order valence-electron chi connectivity index (χ1n) is 11.6. The molecule has 0 amide bonds. The van der Waals surface area contributed by atoms with E-state index in [4.69, 9.17) is 4.74 Å². The van der Waals surface area contributed by atoms with Crippen LogP contribution in [0.25, 0.3) is 32.9 Å². The first kappa shape index (κ1) is 21.9. The molecule has 1 saturated heterocycles. The fourth-order valence-electron chi connectivity index (χ4n) is 5.69. The summed E-state index contributed by atoms with van der Waals surface area (Å²) in [5, 5.41) is 21.6. The molecule has 4 aromatic rings. The summed E-state index contributed by atoms with van der Waals surface area (Å²) in [5.41, 5.74) is 0.802. The Bertz CT molecular complexity index is 1500. The Morgan fingerprint density at radius 1 is 1.17 bits per heavy atom. The van der Waals surface area contributed by atoms with Crippen LogP contribution in [0.5, 0.6) is 11.8 Å². The van der Waals surface area contributed by atoms with Gasteiger partial charge in [-0.25, -0.2) is 8.78 Å². The summed E-state index contributed by atoms with van der Waals surface area (Å²) < 4.78 is 36.0. The van der Waals surface area contributed by atoms with E-state index in [9.17, 15) is 14.6 Å². The molecular weight excluding hydrogens is 454 g/mol. The van der Waals surface area contributed by atoms with E-state index in [1.54, 1.807) is 6.07 Å². The number of halogens is 2. The lowest BCUT2D eigenvalue weighted by Crippen LogP contribution is -2.64. The van der Waals surface area contributed by atoms with Crippen LogP contribution in [-0.4, -0.2) is 51.5 Å². The summed E-state index contributed by atoms with van der Waals surface area (Å²) >= 11 is 0. The van der Waals surface area contributed by atoms with Crippen molar-refractivity contribution in [2.45, 2.75) is 32.3 Å². The Kier molecular flexibility index (Phi) is 4.83. The van der Waals surface area contributed by atoms with Crippen LogP contribution < -0.4 is 9.64 Å². The monoisotopic (exact) mass is 478 g/mol. The minimum absolute atomic E-state index is 0.0270. The lowest BCUT2D eigenvalue weighted by Gasteiger charge is -2.58. The Morgan fingerprint density at radius 3 is 2.63 bits per heavy atom. The van der Waals surface area contributed by atoms with Crippen LogP contribution in [-0.2, 0) is 6.42 Å². The number of ether oxygens (including phenoxy) is 1. The quantitative estimate of drug-likeness (QED) is 0.450. The smallest absolute Gasteiger partial charge is 0.318 e. The van der Waals surface area contributed by atoms with Crippen molar-refractivity contribution in [3.05, 3.63) is 47.7 Å². The number of phenolic OH excluding ortho intramolecular Hbond substituents is 1. The molecular formula is C26H24F2N4O3. The SMILES string of the molecule is CCc1c(F)ccc2cc(O)cc(-c3ncc4c(N5CC6(CC(O)C6)C5)nc(OC)nc4c3F)c12. The molecule has 2 aromatic heterocycles. The number of benzene rings is 2. The number of anilines is 1. The van der Waals surface area contributed by atoms with Gasteiger partial charge < -0.3 is 19.8 Å². The molecule has 2 fully saturated rings. The van der Waals surface area contributed by atoms with Gasteiger partial charge in [0.25, 0.3) is 0 Å². The third-order valence-corrected chi connectivity index (χ3v) is 7.28. The number of methoxy groups -OCH3 is 1. The lowest BCUT2D eigenvalue weighted by molar-refractivity contribution is -0.0493. The van der Waals surface area contributed by atoms with E-state index in [1.807, 2.05) is 11.8 Å². The van der Waals surface area contributed by atoms with Crippen LogP contribution in [0.3, 0.4) is 0 Å². The average Bonchev–Trinajstić information content (AvgIpc) is 2.80. The number of rotatable bonds is 4. The first-order valence-corrected chi connectivity index (χ1v) is 11.6. The molecule has 3 heterocycles.